The van der Waals surface area contributed by atoms with E-state index in [0.29, 0.717) is 5.69 Å². The van der Waals surface area contributed by atoms with Gasteiger partial charge in [0.2, 0.25) is 5.91 Å². The Balaban J connectivity index is 2.79. The van der Waals surface area contributed by atoms with Gasteiger partial charge in [-0.2, -0.15) is 0 Å². The Kier molecular flexibility index (Phi) is 4.97. The van der Waals surface area contributed by atoms with Crippen LogP contribution in [0.5, 0.6) is 5.75 Å². The Hall–Kier alpha value is -1.55. The zero-order chi connectivity index (χ0) is 12.8. The molecule has 4 N–H and O–H groups in total. The molecule has 4 heteroatoms. The second-order valence-electron chi connectivity index (χ2n) is 4.23. The molecule has 0 aliphatic rings. The van der Waals surface area contributed by atoms with Crippen LogP contribution in [0.25, 0.3) is 0 Å². The first-order chi connectivity index (χ1) is 8.04. The number of carbonyl (C=O) groups excluding carboxylic acids is 1. The quantitative estimate of drug-likeness (QED) is 0.685. The minimum Gasteiger partial charge on any atom is -0.506 e. The van der Waals surface area contributed by atoms with E-state index < -0.39 is 6.04 Å². The van der Waals surface area contributed by atoms with Gasteiger partial charge in [0.15, 0.2) is 0 Å². The van der Waals surface area contributed by atoms with Crippen LogP contribution in [-0.4, -0.2) is 17.1 Å². The van der Waals surface area contributed by atoms with Crippen LogP contribution in [0.2, 0.25) is 0 Å². The molecule has 0 radical (unpaired) electrons. The second kappa shape index (κ2) is 6.25. The van der Waals surface area contributed by atoms with Gasteiger partial charge in [-0.3, -0.25) is 4.79 Å². The lowest BCUT2D eigenvalue weighted by atomic mass is 10.1. The predicted molar refractivity (Wildman–Crippen MR) is 69.0 cm³/mol. The van der Waals surface area contributed by atoms with Gasteiger partial charge in [-0.05, 0) is 37.5 Å². The first kappa shape index (κ1) is 13.5. The largest absolute Gasteiger partial charge is 0.506 e. The zero-order valence-electron chi connectivity index (χ0n) is 10.4. The molecule has 0 fully saturated rings. The van der Waals surface area contributed by atoms with Crippen molar-refractivity contribution in [1.82, 2.24) is 0 Å². The summed E-state index contributed by atoms with van der Waals surface area (Å²) in [6, 6.07) is 4.67. The molecule has 0 heterocycles. The van der Waals surface area contributed by atoms with Crippen LogP contribution in [-0.2, 0) is 11.2 Å². The highest BCUT2D eigenvalue weighted by Gasteiger charge is 2.10. The number of aromatic hydroxyl groups is 1. The third kappa shape index (κ3) is 4.07. The van der Waals surface area contributed by atoms with E-state index in [-0.39, 0.29) is 11.7 Å². The number of anilines is 1. The Morgan fingerprint density at radius 2 is 2.24 bits per heavy atom. The summed E-state index contributed by atoms with van der Waals surface area (Å²) in [4.78, 5) is 11.4. The average Bonchev–Trinajstić information content (AvgIpc) is 2.29. The first-order valence-electron chi connectivity index (χ1n) is 5.93. The number of nitrogens with two attached hydrogens (primary N) is 1. The maximum atomic E-state index is 11.4. The molecule has 1 aromatic rings. The Morgan fingerprint density at radius 1 is 1.53 bits per heavy atom. The summed E-state index contributed by atoms with van der Waals surface area (Å²) in [5.74, 6) is -0.229. The van der Waals surface area contributed by atoms with E-state index >= 15 is 0 Å². The fourth-order valence-electron chi connectivity index (χ4n) is 1.47. The number of benzene rings is 1. The van der Waals surface area contributed by atoms with Crippen molar-refractivity contribution < 1.29 is 9.90 Å². The highest BCUT2D eigenvalue weighted by atomic mass is 16.3. The fourth-order valence-corrected chi connectivity index (χ4v) is 1.47. The van der Waals surface area contributed by atoms with Crippen LogP contribution in [0.1, 0.15) is 32.3 Å². The van der Waals surface area contributed by atoms with Crippen LogP contribution in [0.3, 0.4) is 0 Å². The van der Waals surface area contributed by atoms with Gasteiger partial charge < -0.3 is 16.2 Å². The number of hydrogen-bond donors (Lipinski definition) is 3. The molecule has 0 spiro atoms. The number of hydrogen-bond acceptors (Lipinski definition) is 3. The van der Waals surface area contributed by atoms with Crippen molar-refractivity contribution in [3.05, 3.63) is 23.8 Å². The molecule has 1 aromatic carbocycles. The lowest BCUT2D eigenvalue weighted by molar-refractivity contribution is -0.117. The smallest absolute Gasteiger partial charge is 0.241 e. The maximum absolute atomic E-state index is 11.4. The molecule has 0 saturated heterocycles. The van der Waals surface area contributed by atoms with Crippen LogP contribution in [0, 0.1) is 0 Å². The topological polar surface area (TPSA) is 75.3 Å². The summed E-state index contributed by atoms with van der Waals surface area (Å²) in [5, 5.41) is 12.2. The molecule has 0 aliphatic heterocycles. The van der Waals surface area contributed by atoms with Gasteiger partial charge in [0, 0.05) is 0 Å². The molecule has 0 bridgehead atoms. The minimum absolute atomic E-state index is 0.0687. The number of amides is 1. The van der Waals surface area contributed by atoms with Crippen molar-refractivity contribution in [2.24, 2.45) is 5.73 Å². The lowest BCUT2D eigenvalue weighted by Gasteiger charge is -2.11. The maximum Gasteiger partial charge on any atom is 0.241 e. The van der Waals surface area contributed by atoms with E-state index in [9.17, 15) is 9.90 Å². The number of nitrogens with one attached hydrogen (secondary N) is 1. The molecule has 1 atom stereocenters. The molecular formula is C13H20N2O2. The van der Waals surface area contributed by atoms with Gasteiger partial charge >= 0.3 is 0 Å². The monoisotopic (exact) mass is 236 g/mol. The summed E-state index contributed by atoms with van der Waals surface area (Å²) >= 11 is 0. The van der Waals surface area contributed by atoms with Gasteiger partial charge in [-0.25, -0.2) is 0 Å². The Bertz CT molecular complexity index is 389. The van der Waals surface area contributed by atoms with Gasteiger partial charge in [-0.15, -0.1) is 0 Å². The summed E-state index contributed by atoms with van der Waals surface area (Å²) in [6.45, 7) is 3.73. The van der Waals surface area contributed by atoms with Crippen molar-refractivity contribution in [2.75, 3.05) is 5.32 Å². The van der Waals surface area contributed by atoms with Crippen molar-refractivity contribution in [3.63, 3.8) is 0 Å². The normalized spacial score (nSPS) is 12.2. The standard InChI is InChI=1S/C13H20N2O2/c1-3-4-5-10-6-7-12(16)11(8-10)15-13(17)9(2)14/h6-9,16H,3-5,14H2,1-2H3,(H,15,17). The fraction of sp³-hybridized carbons (Fsp3) is 0.462. The summed E-state index contributed by atoms with van der Waals surface area (Å²) in [7, 11) is 0. The molecule has 4 nitrogen and oxygen atoms in total. The van der Waals surface area contributed by atoms with Crippen molar-refractivity contribution >= 4 is 11.6 Å². The van der Waals surface area contributed by atoms with E-state index in [1.165, 1.54) is 0 Å². The molecule has 94 valence electrons. The lowest BCUT2D eigenvalue weighted by Crippen LogP contribution is -2.32. The van der Waals surface area contributed by atoms with Crippen LogP contribution < -0.4 is 11.1 Å². The van der Waals surface area contributed by atoms with Gasteiger partial charge in [0.1, 0.15) is 5.75 Å². The number of phenolic OH excluding ortho intramolecular Hbond substituents is 1. The second-order valence-corrected chi connectivity index (χ2v) is 4.23. The van der Waals surface area contributed by atoms with Crippen LogP contribution >= 0.6 is 0 Å². The van der Waals surface area contributed by atoms with E-state index in [1.54, 1.807) is 19.1 Å². The van der Waals surface area contributed by atoms with Gasteiger partial charge in [-0.1, -0.05) is 19.4 Å². The van der Waals surface area contributed by atoms with Crippen molar-refractivity contribution in [2.45, 2.75) is 39.2 Å². The summed E-state index contributed by atoms with van der Waals surface area (Å²) < 4.78 is 0. The molecule has 1 unspecified atom stereocenters. The number of unbranched alkanes of at least 4 members (excludes halogenated alkanes) is 1. The Labute approximate surface area is 102 Å². The molecule has 1 rings (SSSR count). The van der Waals surface area contributed by atoms with Crippen LogP contribution in [0.4, 0.5) is 5.69 Å². The van der Waals surface area contributed by atoms with Gasteiger partial charge in [0.25, 0.3) is 0 Å². The molecule has 0 aliphatic carbocycles. The summed E-state index contributed by atoms with van der Waals surface area (Å²) in [5.41, 5.74) is 6.99. The number of aryl methyl sites for hydroxylation is 1. The molecule has 0 saturated carbocycles. The van der Waals surface area contributed by atoms with Gasteiger partial charge in [0.05, 0.1) is 11.7 Å². The number of carbonyl (C=O) groups is 1. The molecule has 1 amide bonds. The SMILES string of the molecule is CCCCc1ccc(O)c(NC(=O)C(C)N)c1. The first-order valence-corrected chi connectivity index (χ1v) is 5.93. The molecule has 17 heavy (non-hydrogen) atoms. The molecule has 0 aromatic heterocycles. The highest BCUT2D eigenvalue weighted by Crippen LogP contribution is 2.25. The summed E-state index contributed by atoms with van der Waals surface area (Å²) in [6.07, 6.45) is 3.14. The Morgan fingerprint density at radius 3 is 2.82 bits per heavy atom. The van der Waals surface area contributed by atoms with E-state index in [1.807, 2.05) is 6.07 Å². The van der Waals surface area contributed by atoms with E-state index in [4.69, 9.17) is 5.73 Å². The van der Waals surface area contributed by atoms with Crippen molar-refractivity contribution in [3.8, 4) is 5.75 Å². The predicted octanol–water partition coefficient (Wildman–Crippen LogP) is 2.02. The average molecular weight is 236 g/mol. The third-order valence-electron chi connectivity index (χ3n) is 2.55. The molecular weight excluding hydrogens is 216 g/mol. The van der Waals surface area contributed by atoms with E-state index in [2.05, 4.69) is 12.2 Å². The van der Waals surface area contributed by atoms with Crippen LogP contribution in [0.15, 0.2) is 18.2 Å². The zero-order valence-corrected chi connectivity index (χ0v) is 10.4. The number of phenols is 1. The minimum atomic E-state index is -0.589. The number of rotatable bonds is 5. The highest BCUT2D eigenvalue weighted by molar-refractivity contribution is 5.95. The van der Waals surface area contributed by atoms with E-state index in [0.717, 1.165) is 24.8 Å². The van der Waals surface area contributed by atoms with Crippen molar-refractivity contribution in [1.29, 1.82) is 0 Å². The third-order valence-corrected chi connectivity index (χ3v) is 2.55.